The summed E-state index contributed by atoms with van der Waals surface area (Å²) in [7, 11) is -12.8. The zero-order valence-electron chi connectivity index (χ0n) is 22.6. The molecule has 0 saturated heterocycles. The Morgan fingerprint density at radius 2 is 1.18 bits per heavy atom. The molecule has 4 aromatic rings. The quantitative estimate of drug-likeness (QED) is 0.0625. The number of carbonyl (C=O) groups is 2. The largest absolute Gasteiger partial charge is 1.00 e. The van der Waals surface area contributed by atoms with Crippen molar-refractivity contribution in [2.45, 2.75) is 14.7 Å². The Balaban J connectivity index is 0.00000529. The molecule has 44 heavy (non-hydrogen) atoms. The minimum atomic E-state index is -5.26. The number of nitro groups is 1. The van der Waals surface area contributed by atoms with Crippen molar-refractivity contribution in [1.82, 2.24) is 9.13 Å². The third kappa shape index (κ3) is 7.17. The van der Waals surface area contributed by atoms with Gasteiger partial charge in [-0.25, -0.2) is 0 Å². The summed E-state index contributed by atoms with van der Waals surface area (Å²) in [6.07, 6.45) is 2.43. The molecule has 0 bridgehead atoms. The zero-order valence-corrected chi connectivity index (χ0v) is 27.1. The van der Waals surface area contributed by atoms with Crippen LogP contribution in [0.5, 0.6) is 0 Å². The predicted molar refractivity (Wildman–Crippen MR) is 147 cm³/mol. The van der Waals surface area contributed by atoms with Gasteiger partial charge >= 0.3 is 29.6 Å². The van der Waals surface area contributed by atoms with Crippen LogP contribution in [-0.4, -0.2) is 64.8 Å². The molecule has 228 valence electrons. The predicted octanol–water partition coefficient (Wildman–Crippen LogP) is -1.33. The maximum Gasteiger partial charge on any atom is 1.00 e. The van der Waals surface area contributed by atoms with Gasteiger partial charge in [-0.3, -0.25) is 33.4 Å². The molecular weight excluding hydrogens is 661 g/mol. The summed E-state index contributed by atoms with van der Waals surface area (Å²) in [5.74, 6) is -1.69. The van der Waals surface area contributed by atoms with Crippen LogP contribution in [0.15, 0.2) is 63.5 Å². The molecule has 0 unspecified atom stereocenters. The van der Waals surface area contributed by atoms with Gasteiger partial charge < -0.3 is 19.8 Å². The van der Waals surface area contributed by atoms with E-state index in [1.807, 2.05) is 0 Å². The van der Waals surface area contributed by atoms with Crippen LogP contribution in [-0.2, 0) is 44.4 Å². The van der Waals surface area contributed by atoms with Crippen LogP contribution in [0.1, 0.15) is 21.0 Å². The van der Waals surface area contributed by atoms with E-state index in [1.165, 1.54) is 35.5 Å². The minimum absolute atomic E-state index is 0. The molecule has 2 heterocycles. The summed E-state index contributed by atoms with van der Waals surface area (Å²) in [5.41, 5.74) is -0.894. The second kappa shape index (κ2) is 12.0. The fourth-order valence-corrected chi connectivity index (χ4v) is 6.19. The summed E-state index contributed by atoms with van der Waals surface area (Å²) in [6.45, 7) is 0. The number of carbonyl (C=O) groups excluding carboxylic acids is 2. The maximum atomic E-state index is 13.1. The second-order valence-electron chi connectivity index (χ2n) is 9.00. The van der Waals surface area contributed by atoms with Gasteiger partial charge in [-0.15, -0.1) is 0 Å². The molecule has 0 radical (unpaired) electrons. The second-order valence-corrected chi connectivity index (χ2v) is 13.2. The first-order chi connectivity index (χ1) is 19.7. The van der Waals surface area contributed by atoms with Gasteiger partial charge in [0.15, 0.2) is 0 Å². The maximum absolute atomic E-state index is 13.1. The number of amides is 2. The molecule has 22 heteroatoms. The molecule has 0 atom stereocenters. The van der Waals surface area contributed by atoms with Crippen LogP contribution in [0.25, 0.3) is 10.8 Å². The van der Waals surface area contributed by atoms with E-state index in [1.54, 1.807) is 0 Å². The zero-order chi connectivity index (χ0) is 32.2. The van der Waals surface area contributed by atoms with Gasteiger partial charge in [0, 0.05) is 42.8 Å². The smallest absolute Gasteiger partial charge is 0.344 e. The van der Waals surface area contributed by atoms with E-state index in [2.05, 4.69) is 10.6 Å². The number of nitrogens with zero attached hydrogens (tertiary/aromatic N) is 3. The van der Waals surface area contributed by atoms with Crippen molar-refractivity contribution in [3.05, 3.63) is 70.3 Å². The van der Waals surface area contributed by atoms with Crippen molar-refractivity contribution >= 4 is 70.0 Å². The number of hydrogen-bond donors (Lipinski definition) is 5. The SMILES string of the molecule is Cn1cc(NC(=O)c2cc([N+](=O)[O-])cn2C)cc1C(=O)Nc1cc(S(=O)(=O)O)c2cc(S(=O)(=O)O)cc(S(=O)(=O)O)c2c1.[Na+]. The standard InChI is InChI=1S/C22H19N5O13S3.Na/c1-25-9-12(24-22(29)18-6-13(27(30)31)10-26(18)2)4-17(25)21(28)23-11-3-15-16(19(5-11)42(35,36)37)7-14(41(32,33)34)8-20(15)43(38,39)40;/h3-10H,1-2H3,(H,23,28)(H,24,29)(H,32,33,34)(H,35,36,37)(H,38,39,40);/q;+1. The fourth-order valence-electron chi connectivity index (χ4n) is 4.14. The average molecular weight is 681 g/mol. The molecule has 0 spiro atoms. The van der Waals surface area contributed by atoms with Crippen LogP contribution in [0.4, 0.5) is 17.1 Å². The van der Waals surface area contributed by atoms with Crippen LogP contribution in [0.2, 0.25) is 0 Å². The minimum Gasteiger partial charge on any atom is -0.344 e. The first-order valence-corrected chi connectivity index (χ1v) is 15.6. The Morgan fingerprint density at radius 1 is 0.705 bits per heavy atom. The van der Waals surface area contributed by atoms with Gasteiger partial charge in [0.1, 0.15) is 21.2 Å². The molecule has 18 nitrogen and oxygen atoms in total. The molecule has 0 saturated carbocycles. The van der Waals surface area contributed by atoms with Crippen LogP contribution >= 0.6 is 0 Å². The third-order valence-electron chi connectivity index (χ3n) is 6.01. The van der Waals surface area contributed by atoms with Gasteiger partial charge in [-0.2, -0.15) is 25.3 Å². The summed E-state index contributed by atoms with van der Waals surface area (Å²) in [4.78, 5) is 32.7. The topological polar surface area (TPSA) is 274 Å². The number of rotatable bonds is 8. The van der Waals surface area contributed by atoms with E-state index in [9.17, 15) is 58.6 Å². The number of aromatic nitrogens is 2. The number of anilines is 2. The first-order valence-electron chi connectivity index (χ1n) is 11.3. The number of hydrogen-bond acceptors (Lipinski definition) is 10. The summed E-state index contributed by atoms with van der Waals surface area (Å²) < 4.78 is 103. The molecule has 0 aliphatic rings. The van der Waals surface area contributed by atoms with Crippen molar-refractivity contribution in [1.29, 1.82) is 0 Å². The molecule has 2 aromatic heterocycles. The molecule has 2 amide bonds. The van der Waals surface area contributed by atoms with E-state index < -0.39 is 78.2 Å². The number of aryl methyl sites for hydroxylation is 2. The van der Waals surface area contributed by atoms with Crippen LogP contribution in [0.3, 0.4) is 0 Å². The fraction of sp³-hybridized carbons (Fsp3) is 0.0909. The number of benzene rings is 2. The normalized spacial score (nSPS) is 12.0. The third-order valence-corrected chi connectivity index (χ3v) is 8.63. The van der Waals surface area contributed by atoms with E-state index >= 15 is 0 Å². The average Bonchev–Trinajstić information content (AvgIpc) is 3.43. The monoisotopic (exact) mass is 680 g/mol. The molecule has 2 aromatic carbocycles. The van der Waals surface area contributed by atoms with Gasteiger partial charge in [0.05, 0.1) is 21.7 Å². The Bertz CT molecular complexity index is 2210. The molecule has 0 fully saturated rings. The Labute approximate surface area is 270 Å². The molecule has 5 N–H and O–H groups in total. The molecule has 0 aliphatic heterocycles. The van der Waals surface area contributed by atoms with Crippen molar-refractivity contribution in [2.75, 3.05) is 10.6 Å². The van der Waals surface area contributed by atoms with Crippen molar-refractivity contribution < 1.29 is 83.0 Å². The van der Waals surface area contributed by atoms with Gasteiger partial charge in [-0.1, -0.05) is 0 Å². The summed E-state index contributed by atoms with van der Waals surface area (Å²) in [5, 5.41) is 14.4. The van der Waals surface area contributed by atoms with Gasteiger partial charge in [0.25, 0.3) is 47.9 Å². The van der Waals surface area contributed by atoms with Crippen LogP contribution < -0.4 is 40.2 Å². The number of nitrogens with one attached hydrogen (secondary N) is 2. The molecular formula is C22H19N5NaO13S3+. The number of fused-ring (bicyclic) bond motifs is 1. The Hall–Kier alpha value is -3.67. The van der Waals surface area contributed by atoms with Crippen LogP contribution in [0, 0.1) is 10.1 Å². The van der Waals surface area contributed by atoms with E-state index in [4.69, 9.17) is 0 Å². The van der Waals surface area contributed by atoms with Gasteiger partial charge in [-0.05, 0) is 30.3 Å². The first kappa shape index (κ1) is 34.8. The van der Waals surface area contributed by atoms with E-state index in [0.717, 1.165) is 18.3 Å². The van der Waals surface area contributed by atoms with Crippen molar-refractivity contribution in [3.63, 3.8) is 0 Å². The molecule has 4 rings (SSSR count). The summed E-state index contributed by atoms with van der Waals surface area (Å²) >= 11 is 0. The van der Waals surface area contributed by atoms with Crippen molar-refractivity contribution in [3.8, 4) is 0 Å². The van der Waals surface area contributed by atoms with E-state index in [0.29, 0.717) is 18.2 Å². The Morgan fingerprint density at radius 3 is 1.68 bits per heavy atom. The molecule has 0 aliphatic carbocycles. The van der Waals surface area contributed by atoms with E-state index in [-0.39, 0.29) is 52.3 Å². The van der Waals surface area contributed by atoms with Gasteiger partial charge in [0.2, 0.25) is 0 Å². The summed E-state index contributed by atoms with van der Waals surface area (Å²) in [6, 6.07) is 4.66. The Kier molecular flexibility index (Phi) is 9.51. The van der Waals surface area contributed by atoms with Crippen molar-refractivity contribution in [2.24, 2.45) is 14.1 Å².